The molecule has 1 aromatic heterocycles. The zero-order chi connectivity index (χ0) is 26.3. The fraction of sp³-hybridized carbons (Fsp3) is 0.462. The topological polar surface area (TPSA) is 93.5 Å². The smallest absolute Gasteiger partial charge is 0.229 e. The Bertz CT molecular complexity index is 1430. The molecule has 0 radical (unpaired) electrons. The maximum Gasteiger partial charge on any atom is 0.229 e. The predicted octanol–water partition coefficient (Wildman–Crippen LogP) is 5.07. The number of rotatable bonds is 6. The molecule has 2 aromatic carbocycles. The van der Waals surface area contributed by atoms with Crippen molar-refractivity contribution in [3.8, 4) is 0 Å². The van der Waals surface area contributed by atoms with Crippen molar-refractivity contribution in [2.75, 3.05) is 23.0 Å². The molecule has 3 aromatic rings. The molecule has 1 amide bonds. The van der Waals surface area contributed by atoms with Gasteiger partial charge in [-0.2, -0.15) is 0 Å². The molecule has 0 unspecified atom stereocenters. The van der Waals surface area contributed by atoms with Crippen LogP contribution in [0.5, 0.6) is 0 Å². The minimum atomic E-state index is -3.48. The molecular weight excluding hydrogens is 502 g/mol. The Labute approximate surface area is 214 Å². The van der Waals surface area contributed by atoms with Gasteiger partial charge < -0.3 is 14.2 Å². The first-order chi connectivity index (χ1) is 17.6. The fourth-order valence-corrected chi connectivity index (χ4v) is 6.18. The van der Waals surface area contributed by atoms with Crippen LogP contribution in [0.3, 0.4) is 0 Å². The molecule has 8 nitrogen and oxygen atoms in total. The van der Waals surface area contributed by atoms with E-state index in [9.17, 15) is 22.0 Å². The highest BCUT2D eigenvalue weighted by Gasteiger charge is 2.36. The third kappa shape index (κ3) is 5.19. The Balaban J connectivity index is 1.63. The molecule has 1 aliphatic carbocycles. The van der Waals surface area contributed by atoms with Gasteiger partial charge in [-0.1, -0.05) is 0 Å². The maximum absolute atomic E-state index is 14.2. The first-order valence-corrected chi connectivity index (χ1v) is 14.3. The number of piperidine rings is 1. The molecule has 198 valence electrons. The van der Waals surface area contributed by atoms with Gasteiger partial charge in [-0.3, -0.25) is 9.52 Å². The van der Waals surface area contributed by atoms with E-state index in [-0.39, 0.29) is 23.7 Å². The number of hydrogen-bond acceptors (Lipinski definition) is 5. The number of nitrogens with one attached hydrogen (secondary N) is 1. The first-order valence-electron chi connectivity index (χ1n) is 12.4. The zero-order valence-electron chi connectivity index (χ0n) is 20.8. The number of ether oxygens (including phenoxy) is 1. The van der Waals surface area contributed by atoms with Crippen LogP contribution >= 0.6 is 0 Å². The van der Waals surface area contributed by atoms with Crippen molar-refractivity contribution < 1.29 is 26.7 Å². The van der Waals surface area contributed by atoms with Crippen molar-refractivity contribution in [3.63, 3.8) is 0 Å². The van der Waals surface area contributed by atoms with Gasteiger partial charge >= 0.3 is 0 Å². The molecule has 1 atom stereocenters. The molecule has 37 heavy (non-hydrogen) atoms. The number of benzene rings is 2. The monoisotopic (exact) mass is 532 g/mol. The number of fused-ring (bicyclic) bond motifs is 1. The van der Waals surface area contributed by atoms with Crippen LogP contribution in [0.2, 0.25) is 0 Å². The van der Waals surface area contributed by atoms with Crippen molar-refractivity contribution in [3.05, 3.63) is 53.9 Å². The summed E-state index contributed by atoms with van der Waals surface area (Å²) < 4.78 is 61.7. The number of anilines is 2. The van der Waals surface area contributed by atoms with Crippen molar-refractivity contribution in [1.29, 1.82) is 0 Å². The van der Waals surface area contributed by atoms with E-state index in [1.165, 1.54) is 11.0 Å². The average molecular weight is 533 g/mol. The van der Waals surface area contributed by atoms with E-state index in [1.807, 2.05) is 6.07 Å². The van der Waals surface area contributed by atoms with Gasteiger partial charge in [-0.05, 0) is 68.9 Å². The molecule has 0 bridgehead atoms. The van der Waals surface area contributed by atoms with Gasteiger partial charge in [0.1, 0.15) is 5.82 Å². The van der Waals surface area contributed by atoms with Gasteiger partial charge in [0.25, 0.3) is 0 Å². The van der Waals surface area contributed by atoms with Crippen LogP contribution in [0.15, 0.2) is 36.4 Å². The summed E-state index contributed by atoms with van der Waals surface area (Å²) in [5, 5.41) is 0. The maximum atomic E-state index is 14.2. The van der Waals surface area contributed by atoms with Gasteiger partial charge in [-0.25, -0.2) is 22.2 Å². The Hall–Kier alpha value is -3.05. The molecule has 1 saturated heterocycles. The number of aromatic nitrogens is 2. The lowest BCUT2D eigenvalue weighted by molar-refractivity contribution is -0.120. The number of halogens is 2. The summed E-state index contributed by atoms with van der Waals surface area (Å²) in [7, 11) is -1.76. The Morgan fingerprint density at radius 2 is 1.78 bits per heavy atom. The van der Waals surface area contributed by atoms with Gasteiger partial charge in [-0.15, -0.1) is 0 Å². The molecule has 1 aliphatic heterocycles. The van der Waals surface area contributed by atoms with Gasteiger partial charge in [0.2, 0.25) is 15.9 Å². The van der Waals surface area contributed by atoms with Crippen molar-refractivity contribution in [2.45, 2.75) is 63.1 Å². The molecule has 1 N–H and O–H groups in total. The number of carbonyl (C=O) groups excluding carboxylic acids is 1. The van der Waals surface area contributed by atoms with E-state index < -0.39 is 27.7 Å². The van der Waals surface area contributed by atoms with Crippen LogP contribution in [0.25, 0.3) is 11.0 Å². The third-order valence-corrected chi connectivity index (χ3v) is 7.90. The zero-order valence-corrected chi connectivity index (χ0v) is 21.6. The van der Waals surface area contributed by atoms with Crippen molar-refractivity contribution >= 4 is 38.3 Å². The largest absolute Gasteiger partial charge is 0.381 e. The molecule has 5 rings (SSSR count). The van der Waals surface area contributed by atoms with E-state index in [2.05, 4.69) is 9.29 Å². The van der Waals surface area contributed by atoms with E-state index in [4.69, 9.17) is 9.72 Å². The summed E-state index contributed by atoms with van der Waals surface area (Å²) in [6.07, 6.45) is 6.29. The lowest BCUT2D eigenvalue weighted by atomic mass is 9.92. The molecule has 2 heterocycles. The molecule has 1 saturated carbocycles. The van der Waals surface area contributed by atoms with Crippen LogP contribution in [-0.2, 0) is 19.6 Å². The normalized spacial score (nSPS) is 23.0. The van der Waals surface area contributed by atoms with Crippen LogP contribution in [0.4, 0.5) is 20.2 Å². The number of amides is 1. The van der Waals surface area contributed by atoms with E-state index >= 15 is 0 Å². The summed E-state index contributed by atoms with van der Waals surface area (Å²) in [6, 6.07) is 8.34. The number of nitrogens with zero attached hydrogens (tertiary/aromatic N) is 3. The van der Waals surface area contributed by atoms with Crippen LogP contribution in [-0.4, -0.2) is 43.3 Å². The predicted molar refractivity (Wildman–Crippen MR) is 137 cm³/mol. The Morgan fingerprint density at radius 1 is 1.03 bits per heavy atom. The summed E-state index contributed by atoms with van der Waals surface area (Å²) in [5.74, 6) is -1.51. The molecule has 0 spiro atoms. The average Bonchev–Trinajstić information content (AvgIpc) is 3.23. The third-order valence-electron chi connectivity index (χ3n) is 7.29. The number of carbonyl (C=O) groups is 1. The standard InChI is InChI=1S/C26H30F2N4O4S/c1-36-19-10-7-17(8-11-19)32-23-13-6-16(30-37(2,34)35)14-22(23)29-26(32)24-4-3-5-25(33)31(24)18-9-12-20(27)21(28)15-18/h6,9,12-15,17,19,24,30H,3-5,7-8,10-11H2,1-2H3/t17?,19?,24-/m0/s1. The number of hydrogen-bond donors (Lipinski definition) is 1. The molecule has 2 aliphatic rings. The summed E-state index contributed by atoms with van der Waals surface area (Å²) in [6.45, 7) is 0. The lowest BCUT2D eigenvalue weighted by Crippen LogP contribution is -2.40. The van der Waals surface area contributed by atoms with Crippen LogP contribution in [0, 0.1) is 11.6 Å². The molecule has 2 fully saturated rings. The lowest BCUT2D eigenvalue weighted by Gasteiger charge is -2.37. The summed E-state index contributed by atoms with van der Waals surface area (Å²) >= 11 is 0. The second-order valence-electron chi connectivity index (χ2n) is 9.85. The summed E-state index contributed by atoms with van der Waals surface area (Å²) in [4.78, 5) is 19.6. The van der Waals surface area contributed by atoms with Crippen LogP contribution < -0.4 is 9.62 Å². The van der Waals surface area contributed by atoms with Gasteiger partial charge in [0.05, 0.1) is 35.1 Å². The van der Waals surface area contributed by atoms with E-state index in [0.29, 0.717) is 36.3 Å². The summed E-state index contributed by atoms with van der Waals surface area (Å²) in [5.41, 5.74) is 2.11. The minimum absolute atomic E-state index is 0.101. The van der Waals surface area contributed by atoms with Gasteiger partial charge in [0.15, 0.2) is 11.6 Å². The Kier molecular flexibility index (Phi) is 6.93. The second kappa shape index (κ2) is 10.0. The van der Waals surface area contributed by atoms with Crippen molar-refractivity contribution in [2.24, 2.45) is 0 Å². The fourth-order valence-electron chi connectivity index (χ4n) is 5.63. The number of sulfonamides is 1. The second-order valence-corrected chi connectivity index (χ2v) is 11.6. The molecule has 11 heteroatoms. The SMILES string of the molecule is COC1CCC(n2c([C@@H]3CCCC(=O)N3c3ccc(F)c(F)c3)nc3cc(NS(C)(=O)=O)ccc32)CC1. The highest BCUT2D eigenvalue weighted by Crippen LogP contribution is 2.41. The molecular formula is C26H30F2N4O4S. The van der Waals surface area contributed by atoms with Crippen molar-refractivity contribution in [1.82, 2.24) is 9.55 Å². The Morgan fingerprint density at radius 3 is 2.46 bits per heavy atom. The number of imidazole rings is 1. The highest BCUT2D eigenvalue weighted by molar-refractivity contribution is 7.92. The quantitative estimate of drug-likeness (QED) is 0.478. The van der Waals surface area contributed by atoms with E-state index in [0.717, 1.165) is 49.6 Å². The highest BCUT2D eigenvalue weighted by atomic mass is 32.2. The number of methoxy groups -OCH3 is 1. The van der Waals surface area contributed by atoms with Crippen LogP contribution in [0.1, 0.15) is 62.9 Å². The van der Waals surface area contributed by atoms with Gasteiger partial charge in [0, 0.05) is 31.3 Å². The van der Waals surface area contributed by atoms with E-state index in [1.54, 1.807) is 19.2 Å². The minimum Gasteiger partial charge on any atom is -0.381 e. The first kappa shape index (κ1) is 25.6.